The number of carbonyl (C=O) groups is 1. The Morgan fingerprint density at radius 3 is 2.12 bits per heavy atom. The second-order valence-corrected chi connectivity index (χ2v) is 11.6. The van der Waals surface area contributed by atoms with Crippen LogP contribution in [-0.2, 0) is 21.2 Å². The molecule has 7 heteroatoms. The summed E-state index contributed by atoms with van der Waals surface area (Å²) in [5.41, 5.74) is 5.08. The Hall–Kier alpha value is -2.22. The van der Waals surface area contributed by atoms with Crippen molar-refractivity contribution in [1.82, 2.24) is 14.5 Å². The fraction of sp³-hybridized carbons (Fsp3) is 0.519. The standard InChI is InChI=1S/C27H39N3O3S/c1-7-22-8-10-23(11-9-22)25(29(5)6)18-28-27(31)24-12-14-30(15-13-24)34(32,33)26-20(3)16-19(2)17-21(26)4/h8-11,16-17,24-25H,7,12-15,18H2,1-6H3,(H,28,31). The number of rotatable bonds is 8. The van der Waals surface area contributed by atoms with Crippen LogP contribution in [0.3, 0.4) is 0 Å². The molecule has 1 atom stereocenters. The Morgan fingerprint density at radius 2 is 1.62 bits per heavy atom. The third-order valence-corrected chi connectivity index (χ3v) is 9.10. The Kier molecular flexibility index (Phi) is 8.55. The molecule has 1 aliphatic heterocycles. The van der Waals surface area contributed by atoms with Gasteiger partial charge in [-0.2, -0.15) is 4.31 Å². The predicted octanol–water partition coefficient (Wildman–Crippen LogP) is 3.99. The van der Waals surface area contributed by atoms with Gasteiger partial charge < -0.3 is 10.2 Å². The molecule has 1 fully saturated rings. The molecule has 0 saturated carbocycles. The molecule has 1 heterocycles. The first kappa shape index (κ1) is 26.4. The van der Waals surface area contributed by atoms with Gasteiger partial charge in [0.15, 0.2) is 0 Å². The van der Waals surface area contributed by atoms with Crippen LogP contribution >= 0.6 is 0 Å². The van der Waals surface area contributed by atoms with Crippen LogP contribution in [0.4, 0.5) is 0 Å². The second-order valence-electron chi connectivity index (χ2n) is 9.73. The molecule has 3 rings (SSSR count). The van der Waals surface area contributed by atoms with Crippen LogP contribution in [0.15, 0.2) is 41.3 Å². The number of nitrogens with zero attached hydrogens (tertiary/aromatic N) is 2. The van der Waals surface area contributed by atoms with Gasteiger partial charge in [-0.25, -0.2) is 8.42 Å². The highest BCUT2D eigenvalue weighted by Gasteiger charge is 2.34. The first-order valence-corrected chi connectivity index (χ1v) is 13.6. The van der Waals surface area contributed by atoms with E-state index in [1.54, 1.807) is 4.31 Å². The average Bonchev–Trinajstić information content (AvgIpc) is 2.78. The minimum atomic E-state index is -3.57. The fourth-order valence-electron chi connectivity index (χ4n) is 4.98. The van der Waals surface area contributed by atoms with Crippen molar-refractivity contribution in [1.29, 1.82) is 0 Å². The fourth-order valence-corrected chi connectivity index (χ4v) is 6.86. The smallest absolute Gasteiger partial charge is 0.243 e. The number of likely N-dealkylation sites (N-methyl/N-ethyl adjacent to an activating group) is 1. The van der Waals surface area contributed by atoms with Crippen LogP contribution in [0.25, 0.3) is 0 Å². The first-order valence-electron chi connectivity index (χ1n) is 12.2. The monoisotopic (exact) mass is 485 g/mol. The Labute approximate surface area is 205 Å². The quantitative estimate of drug-likeness (QED) is 0.614. The summed E-state index contributed by atoms with van der Waals surface area (Å²) in [7, 11) is 0.461. The minimum absolute atomic E-state index is 0.0109. The lowest BCUT2D eigenvalue weighted by atomic mass is 9.96. The molecule has 0 spiro atoms. The number of aryl methyl sites for hydroxylation is 4. The predicted molar refractivity (Wildman–Crippen MR) is 137 cm³/mol. The zero-order valence-electron chi connectivity index (χ0n) is 21.4. The molecule has 0 aliphatic carbocycles. The highest BCUT2D eigenvalue weighted by molar-refractivity contribution is 7.89. The molecule has 6 nitrogen and oxygen atoms in total. The van der Waals surface area contributed by atoms with Gasteiger partial charge in [-0.05, 0) is 76.4 Å². The summed E-state index contributed by atoms with van der Waals surface area (Å²) in [5, 5.41) is 3.12. The van der Waals surface area contributed by atoms with E-state index in [0.717, 1.165) is 23.1 Å². The van der Waals surface area contributed by atoms with Crippen molar-refractivity contribution in [3.8, 4) is 0 Å². The van der Waals surface area contributed by atoms with Crippen LogP contribution in [0, 0.1) is 26.7 Å². The molecule has 1 saturated heterocycles. The molecule has 0 aromatic heterocycles. The second kappa shape index (κ2) is 11.0. The zero-order valence-corrected chi connectivity index (χ0v) is 22.2. The van der Waals surface area contributed by atoms with E-state index in [1.165, 1.54) is 11.1 Å². The van der Waals surface area contributed by atoms with Gasteiger partial charge >= 0.3 is 0 Å². The number of benzene rings is 2. The average molecular weight is 486 g/mol. The first-order chi connectivity index (χ1) is 16.0. The Bertz CT molecular complexity index is 1080. The van der Waals surface area contributed by atoms with Crippen molar-refractivity contribution in [2.45, 2.75) is 57.9 Å². The van der Waals surface area contributed by atoms with Crippen molar-refractivity contribution in [2.24, 2.45) is 5.92 Å². The third-order valence-electron chi connectivity index (χ3n) is 6.89. The topological polar surface area (TPSA) is 69.7 Å². The van der Waals surface area contributed by atoms with Crippen LogP contribution in [-0.4, -0.2) is 57.3 Å². The number of carbonyl (C=O) groups excluding carboxylic acids is 1. The van der Waals surface area contributed by atoms with E-state index < -0.39 is 10.0 Å². The van der Waals surface area contributed by atoms with Gasteiger partial charge in [-0.3, -0.25) is 4.79 Å². The van der Waals surface area contributed by atoms with E-state index in [0.29, 0.717) is 37.4 Å². The number of nitrogens with one attached hydrogen (secondary N) is 1. The van der Waals surface area contributed by atoms with E-state index in [4.69, 9.17) is 0 Å². The number of hydrogen-bond acceptors (Lipinski definition) is 4. The lowest BCUT2D eigenvalue weighted by molar-refractivity contribution is -0.126. The van der Waals surface area contributed by atoms with E-state index in [9.17, 15) is 13.2 Å². The molecule has 1 unspecified atom stereocenters. The highest BCUT2D eigenvalue weighted by atomic mass is 32.2. The van der Waals surface area contributed by atoms with Crippen LogP contribution in [0.2, 0.25) is 0 Å². The van der Waals surface area contributed by atoms with Crippen molar-refractivity contribution in [2.75, 3.05) is 33.7 Å². The molecular formula is C27H39N3O3S. The Morgan fingerprint density at radius 1 is 1.06 bits per heavy atom. The van der Waals surface area contributed by atoms with Gasteiger partial charge in [0.2, 0.25) is 15.9 Å². The molecule has 1 amide bonds. The van der Waals surface area contributed by atoms with Crippen LogP contribution < -0.4 is 5.32 Å². The lowest BCUT2D eigenvalue weighted by Crippen LogP contribution is -2.44. The van der Waals surface area contributed by atoms with Crippen LogP contribution in [0.5, 0.6) is 0 Å². The maximum Gasteiger partial charge on any atom is 0.243 e. The third kappa shape index (κ3) is 5.88. The highest BCUT2D eigenvalue weighted by Crippen LogP contribution is 2.29. The molecule has 0 bridgehead atoms. The number of amides is 1. The van der Waals surface area contributed by atoms with E-state index in [2.05, 4.69) is 41.4 Å². The van der Waals surface area contributed by atoms with Gasteiger partial charge in [0.1, 0.15) is 0 Å². The summed E-state index contributed by atoms with van der Waals surface area (Å²) >= 11 is 0. The number of sulfonamides is 1. The molecule has 186 valence electrons. The summed E-state index contributed by atoms with van der Waals surface area (Å²) < 4.78 is 28.2. The maximum atomic E-state index is 13.3. The summed E-state index contributed by atoms with van der Waals surface area (Å²) in [6, 6.07) is 12.5. The van der Waals surface area contributed by atoms with Gasteiger partial charge in [0.25, 0.3) is 0 Å². The van der Waals surface area contributed by atoms with Crippen molar-refractivity contribution in [3.63, 3.8) is 0 Å². The van der Waals surface area contributed by atoms with Gasteiger partial charge in [-0.15, -0.1) is 0 Å². The number of hydrogen-bond donors (Lipinski definition) is 1. The summed E-state index contributed by atoms with van der Waals surface area (Å²) in [5.74, 6) is -0.159. The summed E-state index contributed by atoms with van der Waals surface area (Å²) in [4.78, 5) is 15.5. The van der Waals surface area contributed by atoms with Crippen molar-refractivity contribution in [3.05, 3.63) is 64.2 Å². The van der Waals surface area contributed by atoms with Gasteiger partial charge in [0.05, 0.1) is 10.9 Å². The molecule has 34 heavy (non-hydrogen) atoms. The normalized spacial score (nSPS) is 16.6. The molecule has 1 aliphatic rings. The minimum Gasteiger partial charge on any atom is -0.354 e. The van der Waals surface area contributed by atoms with E-state index >= 15 is 0 Å². The largest absolute Gasteiger partial charge is 0.354 e. The molecule has 0 radical (unpaired) electrons. The van der Waals surface area contributed by atoms with Crippen molar-refractivity contribution < 1.29 is 13.2 Å². The van der Waals surface area contributed by atoms with Gasteiger partial charge in [0, 0.05) is 25.6 Å². The SMILES string of the molecule is CCc1ccc(C(CNC(=O)C2CCN(S(=O)(=O)c3c(C)cc(C)cc3C)CC2)N(C)C)cc1. The molecule has 1 N–H and O–H groups in total. The summed E-state index contributed by atoms with van der Waals surface area (Å²) in [6.07, 6.45) is 2.07. The number of piperidine rings is 1. The van der Waals surface area contributed by atoms with Gasteiger partial charge in [-0.1, -0.05) is 48.9 Å². The molecule has 2 aromatic carbocycles. The Balaban J connectivity index is 1.61. The summed E-state index contributed by atoms with van der Waals surface area (Å²) in [6.45, 7) is 9.07. The van der Waals surface area contributed by atoms with Crippen LogP contribution in [0.1, 0.15) is 53.6 Å². The van der Waals surface area contributed by atoms with E-state index in [1.807, 2.05) is 47.0 Å². The van der Waals surface area contributed by atoms with Crippen molar-refractivity contribution >= 4 is 15.9 Å². The molecule has 2 aromatic rings. The maximum absolute atomic E-state index is 13.3. The lowest BCUT2D eigenvalue weighted by Gasteiger charge is -2.32. The molecular weight excluding hydrogens is 446 g/mol. The zero-order chi connectivity index (χ0) is 25.0. The van der Waals surface area contributed by atoms with E-state index in [-0.39, 0.29) is 17.9 Å².